The molecule has 2 atom stereocenters. The van der Waals surface area contributed by atoms with Crippen molar-refractivity contribution >= 4 is 39.6 Å². The van der Waals surface area contributed by atoms with E-state index >= 15 is 0 Å². The molecular formula is C44H44N8O3. The predicted octanol–water partition coefficient (Wildman–Crippen LogP) is 8.32. The number of pyridine rings is 1. The number of nitrogens with zero attached hydrogens (tertiary/aromatic N) is 7. The van der Waals surface area contributed by atoms with Gasteiger partial charge in [0.15, 0.2) is 11.4 Å². The molecule has 0 amide bonds. The molecule has 1 unspecified atom stereocenters. The van der Waals surface area contributed by atoms with Crippen LogP contribution in [0.3, 0.4) is 0 Å². The standard InChI is InChI=1S/C44H44N8O3/c1-25-32(7-5-9-34(25)42-50-37-18-28(17-31(21-45)40(37)55-42)23-51-14-11-30(12-15-51)43(53)54)33-8-6-10-35(26(33)2)49-41-39-36(47-27(3)48-41)19-29(22-46-39)24-52-16-13-44(4)20-38(44)52/h5-10,17-19,22,30,38H,11-16,20,23-24H2,1-4H3,(H,53,54)(H,47,48,49)/t38?,44-/m1/s1. The number of rotatable bonds is 9. The topological polar surface area (TPSA) is 144 Å². The molecule has 2 saturated heterocycles. The number of piperidine rings is 2. The molecule has 3 aromatic heterocycles. The lowest BCUT2D eigenvalue weighted by molar-refractivity contribution is -0.143. The number of likely N-dealkylation sites (tertiary alicyclic amines) is 2. The number of aliphatic carboxylic acids is 1. The average molecular weight is 733 g/mol. The quantitative estimate of drug-likeness (QED) is 0.148. The van der Waals surface area contributed by atoms with Crippen LogP contribution in [0, 0.1) is 43.4 Å². The van der Waals surface area contributed by atoms with E-state index in [4.69, 9.17) is 24.4 Å². The second-order valence-corrected chi connectivity index (χ2v) is 16.0. The number of nitrogens with one attached hydrogen (secondary N) is 1. The minimum Gasteiger partial charge on any atom is -0.481 e. The van der Waals surface area contributed by atoms with Gasteiger partial charge >= 0.3 is 5.97 Å². The van der Waals surface area contributed by atoms with Crippen molar-refractivity contribution in [2.75, 3.05) is 25.0 Å². The highest BCUT2D eigenvalue weighted by atomic mass is 16.4. The lowest BCUT2D eigenvalue weighted by Crippen LogP contribution is -2.35. The number of aromatic nitrogens is 4. The Bertz CT molecular complexity index is 2550. The van der Waals surface area contributed by atoms with Gasteiger partial charge in [0.25, 0.3) is 0 Å². The zero-order chi connectivity index (χ0) is 38.0. The van der Waals surface area contributed by atoms with Crippen LogP contribution in [0.2, 0.25) is 0 Å². The molecule has 0 bridgehead atoms. The number of nitriles is 1. The third-order valence-corrected chi connectivity index (χ3v) is 12.3. The summed E-state index contributed by atoms with van der Waals surface area (Å²) in [5.74, 6) is 0.812. The van der Waals surface area contributed by atoms with Crippen molar-refractivity contribution in [3.8, 4) is 28.7 Å². The van der Waals surface area contributed by atoms with Crippen LogP contribution in [0.1, 0.15) is 66.2 Å². The molecule has 5 heterocycles. The first-order valence-corrected chi connectivity index (χ1v) is 19.2. The van der Waals surface area contributed by atoms with Crippen LogP contribution in [0.5, 0.6) is 0 Å². The third kappa shape index (κ3) is 6.49. The molecule has 1 saturated carbocycles. The second kappa shape index (κ2) is 13.6. The monoisotopic (exact) mass is 732 g/mol. The van der Waals surface area contributed by atoms with E-state index in [1.54, 1.807) is 0 Å². The van der Waals surface area contributed by atoms with Gasteiger partial charge in [-0.25, -0.2) is 15.0 Å². The SMILES string of the molecule is Cc1nc(Nc2cccc(-c3cccc(-c4nc5cc(CN6CCC(C(=O)O)CC6)cc(C#N)c5o4)c3C)c2C)c2ncc(CN3CC[C@]4(C)CC34)cc2n1. The van der Waals surface area contributed by atoms with Gasteiger partial charge in [-0.05, 0) is 135 Å². The Morgan fingerprint density at radius 1 is 0.945 bits per heavy atom. The molecule has 0 radical (unpaired) electrons. The van der Waals surface area contributed by atoms with Gasteiger partial charge in [0.1, 0.15) is 22.9 Å². The first-order chi connectivity index (χ1) is 26.6. The Morgan fingerprint density at radius 2 is 1.69 bits per heavy atom. The summed E-state index contributed by atoms with van der Waals surface area (Å²) >= 11 is 0. The van der Waals surface area contributed by atoms with Crippen LogP contribution in [0.4, 0.5) is 11.5 Å². The summed E-state index contributed by atoms with van der Waals surface area (Å²) in [6.45, 7) is 12.6. The van der Waals surface area contributed by atoms with Crippen molar-refractivity contribution in [1.29, 1.82) is 5.26 Å². The van der Waals surface area contributed by atoms with Crippen molar-refractivity contribution < 1.29 is 14.3 Å². The molecule has 2 N–H and O–H groups in total. The third-order valence-electron chi connectivity index (χ3n) is 12.3. The molecule has 11 nitrogen and oxygen atoms in total. The number of oxazole rings is 1. The van der Waals surface area contributed by atoms with Gasteiger partial charge in [0, 0.05) is 36.6 Å². The number of aryl methyl sites for hydroxylation is 1. The van der Waals surface area contributed by atoms with Crippen molar-refractivity contribution in [2.24, 2.45) is 11.3 Å². The Labute approximate surface area is 320 Å². The zero-order valence-corrected chi connectivity index (χ0v) is 31.7. The van der Waals surface area contributed by atoms with Gasteiger partial charge in [-0.3, -0.25) is 19.6 Å². The fourth-order valence-electron chi connectivity index (χ4n) is 8.88. The largest absolute Gasteiger partial charge is 0.481 e. The number of benzene rings is 3. The smallest absolute Gasteiger partial charge is 0.306 e. The first kappa shape index (κ1) is 35.0. The molecule has 278 valence electrons. The lowest BCUT2D eigenvalue weighted by atomic mass is 9.93. The van der Waals surface area contributed by atoms with Gasteiger partial charge in [-0.2, -0.15) is 5.26 Å². The average Bonchev–Trinajstić information content (AvgIpc) is 3.49. The highest BCUT2D eigenvalue weighted by molar-refractivity contribution is 5.90. The van der Waals surface area contributed by atoms with Crippen molar-refractivity contribution in [2.45, 2.75) is 72.5 Å². The molecule has 0 spiro atoms. The van der Waals surface area contributed by atoms with Crippen molar-refractivity contribution in [3.05, 3.63) is 94.4 Å². The summed E-state index contributed by atoms with van der Waals surface area (Å²) in [7, 11) is 0. The maximum atomic E-state index is 11.4. The summed E-state index contributed by atoms with van der Waals surface area (Å²) in [5.41, 5.74) is 11.7. The van der Waals surface area contributed by atoms with Gasteiger partial charge < -0.3 is 14.8 Å². The van der Waals surface area contributed by atoms with Crippen LogP contribution < -0.4 is 5.32 Å². The minimum absolute atomic E-state index is 0.291. The van der Waals surface area contributed by atoms with Crippen LogP contribution in [0.15, 0.2) is 65.2 Å². The van der Waals surface area contributed by atoms with E-state index in [9.17, 15) is 15.2 Å². The van der Waals surface area contributed by atoms with Crippen LogP contribution >= 0.6 is 0 Å². The summed E-state index contributed by atoms with van der Waals surface area (Å²) in [5, 5.41) is 23.1. The fourth-order valence-corrected chi connectivity index (χ4v) is 8.88. The number of fused-ring (bicyclic) bond motifs is 3. The highest BCUT2D eigenvalue weighted by Gasteiger charge is 2.57. The molecule has 11 heteroatoms. The lowest BCUT2D eigenvalue weighted by Gasteiger charge is -2.30. The van der Waals surface area contributed by atoms with Gasteiger partial charge in [0.2, 0.25) is 5.89 Å². The molecule has 3 aliphatic rings. The van der Waals surface area contributed by atoms with Gasteiger partial charge in [-0.15, -0.1) is 0 Å². The first-order valence-electron chi connectivity index (χ1n) is 19.2. The Balaban J connectivity index is 0.983. The summed E-state index contributed by atoms with van der Waals surface area (Å²) in [4.78, 5) is 35.6. The predicted molar refractivity (Wildman–Crippen MR) is 212 cm³/mol. The Morgan fingerprint density at radius 3 is 2.42 bits per heavy atom. The zero-order valence-electron chi connectivity index (χ0n) is 31.7. The molecule has 6 aromatic rings. The van der Waals surface area contributed by atoms with E-state index in [-0.39, 0.29) is 5.92 Å². The summed E-state index contributed by atoms with van der Waals surface area (Å²) in [6.07, 6.45) is 5.79. The Kier molecular flexibility index (Phi) is 8.63. The molecular weight excluding hydrogens is 689 g/mol. The second-order valence-electron chi connectivity index (χ2n) is 16.0. The molecule has 2 aliphatic heterocycles. The van der Waals surface area contributed by atoms with E-state index in [0.29, 0.717) is 78.1 Å². The van der Waals surface area contributed by atoms with Crippen LogP contribution in [-0.4, -0.2) is 66.5 Å². The normalized spacial score (nSPS) is 20.2. The van der Waals surface area contributed by atoms with E-state index in [1.165, 1.54) is 18.4 Å². The summed E-state index contributed by atoms with van der Waals surface area (Å²) in [6, 6.07) is 21.4. The molecule has 3 fully saturated rings. The van der Waals surface area contributed by atoms with E-state index < -0.39 is 5.97 Å². The number of carboxylic acids is 1. The molecule has 1 aliphatic carbocycles. The van der Waals surface area contributed by atoms with Crippen LogP contribution in [0.25, 0.3) is 44.7 Å². The molecule has 55 heavy (non-hydrogen) atoms. The van der Waals surface area contributed by atoms with Crippen molar-refractivity contribution in [3.63, 3.8) is 0 Å². The van der Waals surface area contributed by atoms with E-state index in [2.05, 4.69) is 66.2 Å². The van der Waals surface area contributed by atoms with Crippen LogP contribution in [-0.2, 0) is 17.9 Å². The minimum atomic E-state index is -0.725. The van der Waals surface area contributed by atoms with Gasteiger partial charge in [-0.1, -0.05) is 31.2 Å². The van der Waals surface area contributed by atoms with Gasteiger partial charge in [0.05, 0.1) is 17.0 Å². The number of anilines is 2. The number of carbonyl (C=O) groups is 1. The van der Waals surface area contributed by atoms with E-state index in [1.807, 2.05) is 43.5 Å². The maximum Gasteiger partial charge on any atom is 0.306 e. The number of hydrogen-bond donors (Lipinski definition) is 2. The van der Waals surface area contributed by atoms with E-state index in [0.717, 1.165) is 63.2 Å². The highest BCUT2D eigenvalue weighted by Crippen LogP contribution is 2.57. The maximum absolute atomic E-state index is 11.4. The summed E-state index contributed by atoms with van der Waals surface area (Å²) < 4.78 is 6.33. The number of carboxylic acid groups (broad SMARTS) is 1. The number of hydrogen-bond acceptors (Lipinski definition) is 10. The fraction of sp³-hybridized carbons (Fsp3) is 0.364. The Hall–Kier alpha value is -5.70. The molecule has 3 aromatic carbocycles. The molecule has 9 rings (SSSR count). The van der Waals surface area contributed by atoms with Crippen molar-refractivity contribution in [1.82, 2.24) is 29.7 Å².